The summed E-state index contributed by atoms with van der Waals surface area (Å²) in [6, 6.07) is 0. The quantitative estimate of drug-likeness (QED) is 0.601. The van der Waals surface area contributed by atoms with E-state index in [0.717, 1.165) is 0 Å². The standard InChI is InChI=1S/C10H18N2O3/c1-5-12(7-10(15)11(3)4)9(14)6-8(2)13/h5-7H2,1-4H3. The second-order valence-electron chi connectivity index (χ2n) is 3.57. The van der Waals surface area contributed by atoms with E-state index in [0.29, 0.717) is 6.54 Å². The second-order valence-corrected chi connectivity index (χ2v) is 3.57. The van der Waals surface area contributed by atoms with Gasteiger partial charge in [-0.05, 0) is 13.8 Å². The number of likely N-dealkylation sites (N-methyl/N-ethyl adjacent to an activating group) is 2. The van der Waals surface area contributed by atoms with E-state index in [2.05, 4.69) is 0 Å². The first-order valence-corrected chi connectivity index (χ1v) is 4.85. The molecule has 0 bridgehead atoms. The third-order valence-corrected chi connectivity index (χ3v) is 1.96. The minimum absolute atomic E-state index is 0.0373. The van der Waals surface area contributed by atoms with Crippen LogP contribution in [0.1, 0.15) is 20.3 Å². The van der Waals surface area contributed by atoms with E-state index in [9.17, 15) is 14.4 Å². The second kappa shape index (κ2) is 6.16. The molecular weight excluding hydrogens is 196 g/mol. The highest BCUT2D eigenvalue weighted by molar-refractivity contribution is 5.98. The van der Waals surface area contributed by atoms with Crippen molar-refractivity contribution >= 4 is 17.6 Å². The molecule has 0 saturated heterocycles. The van der Waals surface area contributed by atoms with E-state index in [4.69, 9.17) is 0 Å². The Balaban J connectivity index is 4.30. The van der Waals surface area contributed by atoms with Crippen LogP contribution in [0.25, 0.3) is 0 Å². The number of carbonyl (C=O) groups excluding carboxylic acids is 3. The van der Waals surface area contributed by atoms with Crippen LogP contribution >= 0.6 is 0 Å². The minimum atomic E-state index is -0.291. The van der Waals surface area contributed by atoms with Crippen LogP contribution in [0.2, 0.25) is 0 Å². The van der Waals surface area contributed by atoms with Crippen LogP contribution in [0, 0.1) is 0 Å². The SMILES string of the molecule is CCN(CC(=O)N(C)C)C(=O)CC(C)=O. The minimum Gasteiger partial charge on any atom is -0.347 e. The highest BCUT2D eigenvalue weighted by Crippen LogP contribution is 1.96. The normalized spacial score (nSPS) is 9.60. The summed E-state index contributed by atoms with van der Waals surface area (Å²) < 4.78 is 0. The fourth-order valence-corrected chi connectivity index (χ4v) is 1.01. The molecule has 15 heavy (non-hydrogen) atoms. The number of hydrogen-bond acceptors (Lipinski definition) is 3. The molecule has 0 heterocycles. The van der Waals surface area contributed by atoms with Gasteiger partial charge in [-0.25, -0.2) is 0 Å². The summed E-state index contributed by atoms with van der Waals surface area (Å²) >= 11 is 0. The number of amides is 2. The molecule has 5 heteroatoms. The van der Waals surface area contributed by atoms with Crippen molar-refractivity contribution in [2.75, 3.05) is 27.2 Å². The zero-order valence-corrected chi connectivity index (χ0v) is 9.74. The fourth-order valence-electron chi connectivity index (χ4n) is 1.01. The maximum absolute atomic E-state index is 11.5. The van der Waals surface area contributed by atoms with Gasteiger partial charge in [0.15, 0.2) is 0 Å². The molecule has 0 aliphatic heterocycles. The van der Waals surface area contributed by atoms with Crippen LogP contribution in [0.15, 0.2) is 0 Å². The van der Waals surface area contributed by atoms with E-state index in [1.54, 1.807) is 21.0 Å². The molecular formula is C10H18N2O3. The predicted octanol–water partition coefficient (Wildman–Crippen LogP) is -0.0978. The van der Waals surface area contributed by atoms with Crippen LogP contribution in [-0.4, -0.2) is 54.6 Å². The van der Waals surface area contributed by atoms with Gasteiger partial charge in [-0.15, -0.1) is 0 Å². The summed E-state index contributed by atoms with van der Waals surface area (Å²) in [5, 5.41) is 0. The lowest BCUT2D eigenvalue weighted by Crippen LogP contribution is -2.40. The van der Waals surface area contributed by atoms with Gasteiger partial charge in [0, 0.05) is 20.6 Å². The van der Waals surface area contributed by atoms with Crippen molar-refractivity contribution < 1.29 is 14.4 Å². The van der Waals surface area contributed by atoms with Gasteiger partial charge in [0.1, 0.15) is 5.78 Å². The first-order valence-electron chi connectivity index (χ1n) is 4.85. The molecule has 5 nitrogen and oxygen atoms in total. The van der Waals surface area contributed by atoms with Gasteiger partial charge in [-0.2, -0.15) is 0 Å². The monoisotopic (exact) mass is 214 g/mol. The van der Waals surface area contributed by atoms with Crippen molar-refractivity contribution in [2.45, 2.75) is 20.3 Å². The Morgan fingerprint density at radius 3 is 1.93 bits per heavy atom. The number of Topliss-reactive ketones (excluding diaryl/α,β-unsaturated/α-hetero) is 1. The van der Waals surface area contributed by atoms with Crippen molar-refractivity contribution in [3.8, 4) is 0 Å². The molecule has 0 aromatic heterocycles. The van der Waals surface area contributed by atoms with Crippen molar-refractivity contribution in [2.24, 2.45) is 0 Å². The highest BCUT2D eigenvalue weighted by Gasteiger charge is 2.17. The van der Waals surface area contributed by atoms with Crippen LogP contribution < -0.4 is 0 Å². The van der Waals surface area contributed by atoms with Crippen LogP contribution in [-0.2, 0) is 14.4 Å². The molecule has 0 atom stereocenters. The molecule has 0 aliphatic rings. The third-order valence-electron chi connectivity index (χ3n) is 1.96. The van der Waals surface area contributed by atoms with E-state index in [1.807, 2.05) is 0 Å². The number of rotatable bonds is 5. The average Bonchev–Trinajstić information content (AvgIpc) is 2.11. The Hall–Kier alpha value is -1.39. The topological polar surface area (TPSA) is 57.7 Å². The molecule has 0 aromatic carbocycles. The molecule has 0 saturated carbocycles. The molecule has 0 rings (SSSR count). The van der Waals surface area contributed by atoms with Gasteiger partial charge in [0.25, 0.3) is 0 Å². The molecule has 0 unspecified atom stereocenters. The third kappa shape index (κ3) is 5.15. The molecule has 0 spiro atoms. The Morgan fingerprint density at radius 2 is 1.60 bits per heavy atom. The maximum Gasteiger partial charge on any atom is 0.241 e. The first-order chi connectivity index (χ1) is 6.88. The van der Waals surface area contributed by atoms with Crippen molar-refractivity contribution in [1.29, 1.82) is 0 Å². The summed E-state index contributed by atoms with van der Waals surface area (Å²) in [5.74, 6) is -0.621. The Bertz CT molecular complexity index is 261. The van der Waals surface area contributed by atoms with Crippen molar-refractivity contribution in [3.63, 3.8) is 0 Å². The first kappa shape index (κ1) is 13.6. The smallest absolute Gasteiger partial charge is 0.241 e. The predicted molar refractivity (Wildman–Crippen MR) is 56.2 cm³/mol. The molecule has 0 radical (unpaired) electrons. The summed E-state index contributed by atoms with van der Waals surface area (Å²) in [7, 11) is 3.26. The largest absolute Gasteiger partial charge is 0.347 e. The lowest BCUT2D eigenvalue weighted by atomic mass is 10.2. The molecule has 2 amide bonds. The van der Waals surface area contributed by atoms with Crippen LogP contribution in [0.5, 0.6) is 0 Å². The highest BCUT2D eigenvalue weighted by atomic mass is 16.2. The zero-order chi connectivity index (χ0) is 12.0. The average molecular weight is 214 g/mol. The number of hydrogen-bond donors (Lipinski definition) is 0. The summed E-state index contributed by atoms with van der Waals surface area (Å²) in [6.45, 7) is 3.61. The molecule has 0 N–H and O–H groups in total. The number of ketones is 1. The fraction of sp³-hybridized carbons (Fsp3) is 0.700. The molecule has 86 valence electrons. The maximum atomic E-state index is 11.5. The zero-order valence-electron chi connectivity index (χ0n) is 9.74. The van der Waals surface area contributed by atoms with Gasteiger partial charge >= 0.3 is 0 Å². The van der Waals surface area contributed by atoms with Gasteiger partial charge in [-0.1, -0.05) is 0 Å². The molecule has 0 fully saturated rings. The van der Waals surface area contributed by atoms with E-state index in [1.165, 1.54) is 16.7 Å². The van der Waals surface area contributed by atoms with Crippen LogP contribution in [0.4, 0.5) is 0 Å². The summed E-state index contributed by atoms with van der Waals surface area (Å²) in [4.78, 5) is 36.4. The van der Waals surface area contributed by atoms with Crippen molar-refractivity contribution in [3.05, 3.63) is 0 Å². The lowest BCUT2D eigenvalue weighted by molar-refractivity contribution is -0.140. The van der Waals surface area contributed by atoms with Crippen molar-refractivity contribution in [1.82, 2.24) is 9.80 Å². The van der Waals surface area contributed by atoms with Gasteiger partial charge < -0.3 is 9.80 Å². The van der Waals surface area contributed by atoms with E-state index in [-0.39, 0.29) is 30.6 Å². The van der Waals surface area contributed by atoms with Crippen LogP contribution in [0.3, 0.4) is 0 Å². The Kier molecular flexibility index (Phi) is 5.59. The Morgan fingerprint density at radius 1 is 1.07 bits per heavy atom. The lowest BCUT2D eigenvalue weighted by Gasteiger charge is -2.21. The summed E-state index contributed by atoms with van der Waals surface area (Å²) in [6.07, 6.45) is -0.130. The number of nitrogens with zero attached hydrogens (tertiary/aromatic N) is 2. The van der Waals surface area contributed by atoms with Gasteiger partial charge in [0.05, 0.1) is 13.0 Å². The van der Waals surface area contributed by atoms with Gasteiger partial charge in [0.2, 0.25) is 11.8 Å². The van der Waals surface area contributed by atoms with E-state index < -0.39 is 0 Å². The van der Waals surface area contributed by atoms with E-state index >= 15 is 0 Å². The number of carbonyl (C=O) groups is 3. The summed E-state index contributed by atoms with van der Waals surface area (Å²) in [5.41, 5.74) is 0. The molecule has 0 aromatic rings. The molecule has 0 aliphatic carbocycles. The van der Waals surface area contributed by atoms with Gasteiger partial charge in [-0.3, -0.25) is 14.4 Å². The Labute approximate surface area is 90.0 Å².